The van der Waals surface area contributed by atoms with Gasteiger partial charge in [0.15, 0.2) is 0 Å². The summed E-state index contributed by atoms with van der Waals surface area (Å²) in [4.78, 5) is 25.4. The van der Waals surface area contributed by atoms with Crippen molar-refractivity contribution in [3.05, 3.63) is 68.8 Å². The van der Waals surface area contributed by atoms with Gasteiger partial charge in [-0.2, -0.15) is 4.31 Å². The minimum atomic E-state index is -3.66. The number of benzene rings is 2. The van der Waals surface area contributed by atoms with Crippen molar-refractivity contribution in [1.82, 2.24) is 9.21 Å². The molecular formula is C20H23N3O5S. The first kappa shape index (κ1) is 20.9. The summed E-state index contributed by atoms with van der Waals surface area (Å²) in [5, 5.41) is 11.4. The summed E-state index contributed by atoms with van der Waals surface area (Å²) in [7, 11) is -3.66. The standard InChI is InChI=1S/C20H23N3O5S/c1-14-7-8-17(13-16(14)3)29(27,28)22-11-9-21(10-12-22)20(24)18-6-4-5-15(2)19(18)23(25)26/h4-8,13H,9-12H2,1-3H3. The number of nitrogens with zero attached hydrogens (tertiary/aromatic N) is 3. The van der Waals surface area contributed by atoms with Gasteiger partial charge in [-0.3, -0.25) is 14.9 Å². The number of hydrogen-bond acceptors (Lipinski definition) is 5. The van der Waals surface area contributed by atoms with E-state index >= 15 is 0 Å². The summed E-state index contributed by atoms with van der Waals surface area (Å²) in [5.41, 5.74) is 2.14. The zero-order valence-corrected chi connectivity index (χ0v) is 17.4. The van der Waals surface area contributed by atoms with Crippen LogP contribution in [0.25, 0.3) is 0 Å². The van der Waals surface area contributed by atoms with Crippen molar-refractivity contribution in [1.29, 1.82) is 0 Å². The number of amides is 1. The molecular weight excluding hydrogens is 394 g/mol. The molecule has 9 heteroatoms. The Morgan fingerprint density at radius 3 is 2.21 bits per heavy atom. The molecule has 0 saturated carbocycles. The van der Waals surface area contributed by atoms with Gasteiger partial charge in [0.05, 0.1) is 9.82 Å². The van der Waals surface area contributed by atoms with Crippen LogP contribution < -0.4 is 0 Å². The molecule has 154 valence electrons. The molecule has 1 aliphatic heterocycles. The number of piperazine rings is 1. The SMILES string of the molecule is Cc1ccc(S(=O)(=O)N2CCN(C(=O)c3cccc(C)c3[N+](=O)[O-])CC2)cc1C. The van der Waals surface area contributed by atoms with Crippen LogP contribution in [0.4, 0.5) is 5.69 Å². The van der Waals surface area contributed by atoms with E-state index in [-0.39, 0.29) is 42.3 Å². The molecule has 2 aromatic carbocycles. The second-order valence-electron chi connectivity index (χ2n) is 7.17. The maximum absolute atomic E-state index is 12.9. The van der Waals surface area contributed by atoms with Crippen LogP contribution in [-0.2, 0) is 10.0 Å². The Morgan fingerprint density at radius 2 is 1.62 bits per heavy atom. The summed E-state index contributed by atoms with van der Waals surface area (Å²) in [5.74, 6) is -0.455. The second-order valence-corrected chi connectivity index (χ2v) is 9.11. The van der Waals surface area contributed by atoms with E-state index < -0.39 is 20.9 Å². The highest BCUT2D eigenvalue weighted by Crippen LogP contribution is 2.26. The van der Waals surface area contributed by atoms with E-state index in [1.165, 1.54) is 15.3 Å². The third kappa shape index (κ3) is 4.01. The minimum absolute atomic E-state index is 0.0282. The molecule has 0 atom stereocenters. The predicted molar refractivity (Wildman–Crippen MR) is 108 cm³/mol. The topological polar surface area (TPSA) is 101 Å². The highest BCUT2D eigenvalue weighted by molar-refractivity contribution is 7.89. The fourth-order valence-corrected chi connectivity index (χ4v) is 4.91. The lowest BCUT2D eigenvalue weighted by Gasteiger charge is -2.34. The molecule has 1 fully saturated rings. The molecule has 0 spiro atoms. The molecule has 0 aromatic heterocycles. The van der Waals surface area contributed by atoms with Crippen molar-refractivity contribution in [3.63, 3.8) is 0 Å². The van der Waals surface area contributed by atoms with Crippen LogP contribution >= 0.6 is 0 Å². The third-order valence-electron chi connectivity index (χ3n) is 5.29. The van der Waals surface area contributed by atoms with Gasteiger partial charge in [0, 0.05) is 31.7 Å². The fourth-order valence-electron chi connectivity index (χ4n) is 3.40. The van der Waals surface area contributed by atoms with E-state index in [1.54, 1.807) is 37.3 Å². The monoisotopic (exact) mass is 417 g/mol. The first-order valence-electron chi connectivity index (χ1n) is 9.23. The Bertz CT molecular complexity index is 1070. The molecule has 29 heavy (non-hydrogen) atoms. The van der Waals surface area contributed by atoms with Gasteiger partial charge in [0.2, 0.25) is 10.0 Å². The van der Waals surface area contributed by atoms with Gasteiger partial charge in [-0.25, -0.2) is 8.42 Å². The molecule has 2 aromatic rings. The number of hydrogen-bond donors (Lipinski definition) is 0. The summed E-state index contributed by atoms with van der Waals surface area (Å²) in [6, 6.07) is 9.65. The van der Waals surface area contributed by atoms with E-state index in [1.807, 2.05) is 13.8 Å². The number of para-hydroxylation sites is 1. The van der Waals surface area contributed by atoms with Crippen molar-refractivity contribution < 1.29 is 18.1 Å². The van der Waals surface area contributed by atoms with Crippen LogP contribution in [0.2, 0.25) is 0 Å². The number of aryl methyl sites for hydroxylation is 3. The zero-order chi connectivity index (χ0) is 21.3. The number of nitro groups is 1. The van der Waals surface area contributed by atoms with Crippen molar-refractivity contribution in [2.24, 2.45) is 0 Å². The van der Waals surface area contributed by atoms with Gasteiger partial charge < -0.3 is 4.90 Å². The third-order valence-corrected chi connectivity index (χ3v) is 7.19. The lowest BCUT2D eigenvalue weighted by Crippen LogP contribution is -2.50. The van der Waals surface area contributed by atoms with Crippen LogP contribution in [0.1, 0.15) is 27.0 Å². The van der Waals surface area contributed by atoms with Gasteiger partial charge in [-0.15, -0.1) is 0 Å². The summed E-state index contributed by atoms with van der Waals surface area (Å²) >= 11 is 0. The van der Waals surface area contributed by atoms with Crippen molar-refractivity contribution in [2.45, 2.75) is 25.7 Å². The number of carbonyl (C=O) groups is 1. The molecule has 1 aliphatic rings. The molecule has 3 rings (SSSR count). The van der Waals surface area contributed by atoms with E-state index in [0.29, 0.717) is 5.56 Å². The normalized spacial score (nSPS) is 15.3. The summed E-state index contributed by atoms with van der Waals surface area (Å²) < 4.78 is 27.2. The average Bonchev–Trinajstić information content (AvgIpc) is 2.69. The predicted octanol–water partition coefficient (Wildman–Crippen LogP) is 2.67. The highest BCUT2D eigenvalue weighted by Gasteiger charge is 2.33. The smallest absolute Gasteiger partial charge is 0.285 e. The van der Waals surface area contributed by atoms with Gasteiger partial charge >= 0.3 is 0 Å². The number of carbonyl (C=O) groups excluding carboxylic acids is 1. The molecule has 1 saturated heterocycles. The first-order valence-corrected chi connectivity index (χ1v) is 10.7. The van der Waals surface area contributed by atoms with Crippen LogP contribution in [0, 0.1) is 30.9 Å². The zero-order valence-electron chi connectivity index (χ0n) is 16.6. The molecule has 0 unspecified atom stereocenters. The van der Waals surface area contributed by atoms with Gasteiger partial charge in [-0.05, 0) is 50.1 Å². The van der Waals surface area contributed by atoms with Gasteiger partial charge in [-0.1, -0.05) is 18.2 Å². The quantitative estimate of drug-likeness (QED) is 0.562. The Hall–Kier alpha value is -2.78. The number of sulfonamides is 1. The summed E-state index contributed by atoms with van der Waals surface area (Å²) in [6.45, 7) is 5.99. The van der Waals surface area contributed by atoms with Crippen molar-refractivity contribution in [2.75, 3.05) is 26.2 Å². The van der Waals surface area contributed by atoms with Gasteiger partial charge in [0.1, 0.15) is 5.56 Å². The minimum Gasteiger partial charge on any atom is -0.336 e. The Kier molecular flexibility index (Phi) is 5.72. The lowest BCUT2D eigenvalue weighted by molar-refractivity contribution is -0.385. The first-order chi connectivity index (χ1) is 13.6. The Morgan fingerprint density at radius 1 is 0.966 bits per heavy atom. The molecule has 0 aliphatic carbocycles. The molecule has 0 bridgehead atoms. The molecule has 0 N–H and O–H groups in total. The van der Waals surface area contributed by atoms with E-state index in [2.05, 4.69) is 0 Å². The Balaban J connectivity index is 1.77. The highest BCUT2D eigenvalue weighted by atomic mass is 32.2. The number of nitro benzene ring substituents is 1. The van der Waals surface area contributed by atoms with Gasteiger partial charge in [0.25, 0.3) is 11.6 Å². The van der Waals surface area contributed by atoms with Crippen molar-refractivity contribution >= 4 is 21.6 Å². The van der Waals surface area contributed by atoms with E-state index in [0.717, 1.165) is 11.1 Å². The fraction of sp³-hybridized carbons (Fsp3) is 0.350. The van der Waals surface area contributed by atoms with Crippen LogP contribution in [0.3, 0.4) is 0 Å². The van der Waals surface area contributed by atoms with Crippen molar-refractivity contribution in [3.8, 4) is 0 Å². The molecule has 8 nitrogen and oxygen atoms in total. The molecule has 1 heterocycles. The molecule has 1 amide bonds. The van der Waals surface area contributed by atoms with Crippen LogP contribution in [-0.4, -0.2) is 54.6 Å². The largest absolute Gasteiger partial charge is 0.336 e. The van der Waals surface area contributed by atoms with E-state index in [4.69, 9.17) is 0 Å². The van der Waals surface area contributed by atoms with Crippen LogP contribution in [0.5, 0.6) is 0 Å². The average molecular weight is 417 g/mol. The van der Waals surface area contributed by atoms with E-state index in [9.17, 15) is 23.3 Å². The maximum Gasteiger partial charge on any atom is 0.285 e. The lowest BCUT2D eigenvalue weighted by atomic mass is 10.1. The molecule has 0 radical (unpaired) electrons. The van der Waals surface area contributed by atoms with Crippen LogP contribution in [0.15, 0.2) is 41.3 Å². The Labute approximate surface area is 169 Å². The number of rotatable bonds is 4. The summed E-state index contributed by atoms with van der Waals surface area (Å²) in [6.07, 6.45) is 0. The second kappa shape index (κ2) is 7.92. The maximum atomic E-state index is 12.9.